The Balaban J connectivity index is 1.71. The summed E-state index contributed by atoms with van der Waals surface area (Å²) in [5.41, 5.74) is 2.68. The van der Waals surface area contributed by atoms with Crippen LogP contribution >= 0.6 is 0 Å². The van der Waals surface area contributed by atoms with Gasteiger partial charge in [0.15, 0.2) is 11.6 Å². The molecule has 5 heteroatoms. The largest absolute Gasteiger partial charge is 0.504 e. The molecule has 0 aliphatic heterocycles. The Bertz CT molecular complexity index is 1120. The summed E-state index contributed by atoms with van der Waals surface area (Å²) in [7, 11) is 0. The predicted molar refractivity (Wildman–Crippen MR) is 125 cm³/mol. The summed E-state index contributed by atoms with van der Waals surface area (Å²) in [6.45, 7) is 2.26. The van der Waals surface area contributed by atoms with E-state index in [9.17, 15) is 14.3 Å². The molecule has 1 aromatic heterocycles. The molecule has 3 aromatic rings. The molecule has 0 spiro atoms. The lowest BCUT2D eigenvalue weighted by atomic mass is 9.85. The van der Waals surface area contributed by atoms with Crippen LogP contribution in [0.25, 0.3) is 11.4 Å². The van der Waals surface area contributed by atoms with Crippen molar-refractivity contribution in [2.75, 3.05) is 0 Å². The van der Waals surface area contributed by atoms with Crippen molar-refractivity contribution in [3.8, 4) is 17.1 Å². The fraction of sp³-hybridized carbons (Fsp3) is 0.407. The summed E-state index contributed by atoms with van der Waals surface area (Å²) in [6.07, 6.45) is 8.71. The van der Waals surface area contributed by atoms with Crippen LogP contribution < -0.4 is 5.56 Å². The van der Waals surface area contributed by atoms with Crippen LogP contribution in [0.2, 0.25) is 0 Å². The molecule has 168 valence electrons. The molecule has 0 amide bonds. The molecule has 4 nitrogen and oxygen atoms in total. The van der Waals surface area contributed by atoms with Crippen molar-refractivity contribution < 1.29 is 9.50 Å². The summed E-state index contributed by atoms with van der Waals surface area (Å²) < 4.78 is 15.7. The number of aromatic nitrogens is 2. The molecule has 1 N–H and O–H groups in total. The number of benzene rings is 2. The highest BCUT2D eigenvalue weighted by Crippen LogP contribution is 2.31. The van der Waals surface area contributed by atoms with Crippen molar-refractivity contribution in [2.24, 2.45) is 5.92 Å². The van der Waals surface area contributed by atoms with E-state index in [0.29, 0.717) is 36.8 Å². The molecule has 4 rings (SSSR count). The molecule has 1 aliphatic carbocycles. The highest BCUT2D eigenvalue weighted by molar-refractivity contribution is 5.64. The third-order valence-electron chi connectivity index (χ3n) is 6.69. The Morgan fingerprint density at radius 2 is 1.78 bits per heavy atom. The Morgan fingerprint density at radius 1 is 1.03 bits per heavy atom. The van der Waals surface area contributed by atoms with Gasteiger partial charge < -0.3 is 5.11 Å². The lowest BCUT2D eigenvalue weighted by Gasteiger charge is -2.22. The monoisotopic (exact) mass is 434 g/mol. The zero-order valence-electron chi connectivity index (χ0n) is 18.7. The van der Waals surface area contributed by atoms with Gasteiger partial charge in [-0.3, -0.25) is 9.36 Å². The van der Waals surface area contributed by atoms with Gasteiger partial charge in [0, 0.05) is 17.8 Å². The van der Waals surface area contributed by atoms with Gasteiger partial charge in [0.05, 0.1) is 5.56 Å². The zero-order valence-corrected chi connectivity index (χ0v) is 18.7. The average molecular weight is 435 g/mol. The molecule has 32 heavy (non-hydrogen) atoms. The SMILES string of the molecule is Cc1nc(-c2cccc(F)c2O)n(CCc2ccccc2)c(=O)c1CCC1CCCCC1. The molecule has 2 aromatic carbocycles. The maximum absolute atomic E-state index is 14.1. The predicted octanol–water partition coefficient (Wildman–Crippen LogP) is 5.82. The Labute approximate surface area is 188 Å². The lowest BCUT2D eigenvalue weighted by Crippen LogP contribution is -2.29. The summed E-state index contributed by atoms with van der Waals surface area (Å²) in [5.74, 6) is -0.193. The topological polar surface area (TPSA) is 55.1 Å². The number of aryl methyl sites for hydroxylation is 2. The maximum atomic E-state index is 14.1. The van der Waals surface area contributed by atoms with Gasteiger partial charge in [0.1, 0.15) is 5.82 Å². The number of hydrogen-bond acceptors (Lipinski definition) is 3. The molecule has 0 radical (unpaired) electrons. The summed E-state index contributed by atoms with van der Waals surface area (Å²) in [5, 5.41) is 10.4. The molecule has 1 heterocycles. The van der Waals surface area contributed by atoms with Crippen LogP contribution in [0.4, 0.5) is 4.39 Å². The molecular formula is C27H31FN2O2. The molecule has 1 saturated carbocycles. The van der Waals surface area contributed by atoms with E-state index in [1.165, 1.54) is 44.2 Å². The van der Waals surface area contributed by atoms with Crippen molar-refractivity contribution >= 4 is 0 Å². The van der Waals surface area contributed by atoms with Gasteiger partial charge in [-0.15, -0.1) is 0 Å². The van der Waals surface area contributed by atoms with E-state index in [-0.39, 0.29) is 11.1 Å². The van der Waals surface area contributed by atoms with E-state index in [2.05, 4.69) is 0 Å². The first-order valence-corrected chi connectivity index (χ1v) is 11.7. The molecule has 0 atom stereocenters. The summed E-state index contributed by atoms with van der Waals surface area (Å²) >= 11 is 0. The molecule has 0 bridgehead atoms. The smallest absolute Gasteiger partial charge is 0.257 e. The number of phenols is 1. The van der Waals surface area contributed by atoms with Crippen LogP contribution in [0.5, 0.6) is 5.75 Å². The highest BCUT2D eigenvalue weighted by atomic mass is 19.1. The van der Waals surface area contributed by atoms with Gasteiger partial charge in [-0.05, 0) is 49.8 Å². The van der Waals surface area contributed by atoms with Gasteiger partial charge in [0.2, 0.25) is 0 Å². The Morgan fingerprint density at radius 3 is 2.53 bits per heavy atom. The summed E-state index contributed by atoms with van der Waals surface area (Å²) in [6, 6.07) is 14.3. The normalized spacial score (nSPS) is 14.6. The first-order valence-electron chi connectivity index (χ1n) is 11.7. The number of rotatable bonds is 7. The van der Waals surface area contributed by atoms with E-state index in [4.69, 9.17) is 4.98 Å². The molecular weight excluding hydrogens is 403 g/mol. The molecule has 1 aliphatic rings. The van der Waals surface area contributed by atoms with Gasteiger partial charge in [0.25, 0.3) is 5.56 Å². The number of hydrogen-bond donors (Lipinski definition) is 1. The van der Waals surface area contributed by atoms with Crippen LogP contribution in [0.15, 0.2) is 53.3 Å². The first kappa shape index (κ1) is 22.3. The fourth-order valence-electron chi connectivity index (χ4n) is 4.81. The van der Waals surface area contributed by atoms with E-state index < -0.39 is 11.6 Å². The van der Waals surface area contributed by atoms with Gasteiger partial charge in [-0.25, -0.2) is 9.37 Å². The Kier molecular flexibility index (Phi) is 7.03. The third-order valence-corrected chi connectivity index (χ3v) is 6.69. The van der Waals surface area contributed by atoms with E-state index in [0.717, 1.165) is 17.5 Å². The van der Waals surface area contributed by atoms with Crippen molar-refractivity contribution in [3.05, 3.63) is 81.5 Å². The second kappa shape index (κ2) is 10.1. The second-order valence-electron chi connectivity index (χ2n) is 8.87. The number of nitrogens with zero attached hydrogens (tertiary/aromatic N) is 2. The van der Waals surface area contributed by atoms with E-state index in [1.54, 1.807) is 10.6 Å². The van der Waals surface area contributed by atoms with Crippen molar-refractivity contribution in [3.63, 3.8) is 0 Å². The number of aromatic hydroxyl groups is 1. The van der Waals surface area contributed by atoms with Crippen LogP contribution in [0.3, 0.4) is 0 Å². The lowest BCUT2D eigenvalue weighted by molar-refractivity contribution is 0.338. The fourth-order valence-corrected chi connectivity index (χ4v) is 4.81. The van der Waals surface area contributed by atoms with Crippen molar-refractivity contribution in [1.29, 1.82) is 0 Å². The maximum Gasteiger partial charge on any atom is 0.257 e. The minimum absolute atomic E-state index is 0.0806. The third kappa shape index (κ3) is 4.93. The van der Waals surface area contributed by atoms with Crippen LogP contribution in [-0.4, -0.2) is 14.7 Å². The van der Waals surface area contributed by atoms with E-state index in [1.807, 2.05) is 37.3 Å². The minimum Gasteiger partial charge on any atom is -0.504 e. The Hall–Kier alpha value is -2.95. The van der Waals surface area contributed by atoms with Crippen molar-refractivity contribution in [1.82, 2.24) is 9.55 Å². The highest BCUT2D eigenvalue weighted by Gasteiger charge is 2.21. The average Bonchev–Trinajstić information content (AvgIpc) is 2.81. The second-order valence-corrected chi connectivity index (χ2v) is 8.87. The van der Waals surface area contributed by atoms with Crippen LogP contribution in [0.1, 0.15) is 55.3 Å². The first-order chi connectivity index (χ1) is 15.5. The van der Waals surface area contributed by atoms with Crippen molar-refractivity contribution in [2.45, 2.75) is 64.8 Å². The molecule has 1 fully saturated rings. The quantitative estimate of drug-likeness (QED) is 0.510. The van der Waals surface area contributed by atoms with Gasteiger partial charge in [-0.2, -0.15) is 0 Å². The number of halogens is 1. The number of phenolic OH excluding ortho intramolecular Hbond substituents is 1. The zero-order chi connectivity index (χ0) is 22.5. The minimum atomic E-state index is -0.717. The standard InChI is InChI=1S/C27H31FN2O2/c1-19-22(16-15-20-9-4-2-5-10-20)27(32)30(18-17-21-11-6-3-7-12-21)26(29-19)23-13-8-14-24(28)25(23)31/h3,6-8,11-14,20,31H,2,4-5,9-10,15-18H2,1H3. The molecule has 0 saturated heterocycles. The number of para-hydroxylation sites is 1. The molecule has 0 unspecified atom stereocenters. The summed E-state index contributed by atoms with van der Waals surface area (Å²) in [4.78, 5) is 18.3. The van der Waals surface area contributed by atoms with Gasteiger partial charge in [-0.1, -0.05) is 68.5 Å². The van der Waals surface area contributed by atoms with Crippen LogP contribution in [-0.2, 0) is 19.4 Å². The van der Waals surface area contributed by atoms with E-state index >= 15 is 0 Å². The van der Waals surface area contributed by atoms with Crippen LogP contribution in [0, 0.1) is 18.7 Å². The van der Waals surface area contributed by atoms with Gasteiger partial charge >= 0.3 is 0 Å².